The fraction of sp³-hybridized carbons (Fsp3) is 0.250. The van der Waals surface area contributed by atoms with E-state index in [-0.39, 0.29) is 29.7 Å². The standard InChI is InChI=1S/C24H22F2N2O3/c25-24(26)31-21-13-4-3-11-19(21)23(30)28-14-6-9-17(15-28)22(29)27-20-12-5-8-16-7-1-2-10-18(16)20/h1-5,7-8,10-13,17,24H,6,9,14-15H2,(H,27,29). The molecule has 5 nitrogen and oxygen atoms in total. The minimum atomic E-state index is -3.02. The zero-order chi connectivity index (χ0) is 21.8. The number of benzene rings is 3. The lowest BCUT2D eigenvalue weighted by molar-refractivity contribution is -0.121. The van der Waals surface area contributed by atoms with Gasteiger partial charge < -0.3 is 15.0 Å². The Labute approximate surface area is 178 Å². The Morgan fingerprint density at radius 2 is 1.74 bits per heavy atom. The van der Waals surface area contributed by atoms with E-state index >= 15 is 0 Å². The summed E-state index contributed by atoms with van der Waals surface area (Å²) in [5, 5.41) is 4.96. The predicted octanol–water partition coefficient (Wildman–Crippen LogP) is 4.93. The number of piperidine rings is 1. The summed E-state index contributed by atoms with van der Waals surface area (Å²) in [5.74, 6) is -1.13. The number of amides is 2. The molecule has 160 valence electrons. The van der Waals surface area contributed by atoms with E-state index in [4.69, 9.17) is 0 Å². The number of halogens is 2. The summed E-state index contributed by atoms with van der Waals surface area (Å²) in [6.07, 6.45) is 1.30. The molecule has 1 unspecified atom stereocenters. The molecular formula is C24H22F2N2O3. The van der Waals surface area contributed by atoms with E-state index in [2.05, 4.69) is 10.1 Å². The van der Waals surface area contributed by atoms with E-state index in [1.807, 2.05) is 42.5 Å². The van der Waals surface area contributed by atoms with Crippen LogP contribution in [0.3, 0.4) is 0 Å². The fourth-order valence-electron chi connectivity index (χ4n) is 3.96. The monoisotopic (exact) mass is 424 g/mol. The lowest BCUT2D eigenvalue weighted by Gasteiger charge is -2.32. The van der Waals surface area contributed by atoms with Crippen LogP contribution in [0.15, 0.2) is 66.7 Å². The van der Waals surface area contributed by atoms with Crippen LogP contribution in [0.2, 0.25) is 0 Å². The number of carbonyl (C=O) groups is 2. The molecule has 1 saturated heterocycles. The summed E-state index contributed by atoms with van der Waals surface area (Å²) in [4.78, 5) is 27.5. The van der Waals surface area contributed by atoms with E-state index < -0.39 is 12.5 Å². The van der Waals surface area contributed by atoms with Crippen molar-refractivity contribution in [3.63, 3.8) is 0 Å². The number of fused-ring (bicyclic) bond motifs is 1. The number of alkyl halides is 2. The molecule has 1 aliphatic heterocycles. The molecule has 1 fully saturated rings. The van der Waals surface area contributed by atoms with Crippen molar-refractivity contribution < 1.29 is 23.1 Å². The van der Waals surface area contributed by atoms with Crippen molar-refractivity contribution in [3.05, 3.63) is 72.3 Å². The van der Waals surface area contributed by atoms with Gasteiger partial charge in [0.2, 0.25) is 5.91 Å². The van der Waals surface area contributed by atoms with Crippen LogP contribution < -0.4 is 10.1 Å². The second-order valence-corrected chi connectivity index (χ2v) is 7.48. The summed E-state index contributed by atoms with van der Waals surface area (Å²) in [7, 11) is 0. The molecule has 3 aromatic rings. The van der Waals surface area contributed by atoms with Crippen LogP contribution in [0.4, 0.5) is 14.5 Å². The van der Waals surface area contributed by atoms with Gasteiger partial charge >= 0.3 is 6.61 Å². The predicted molar refractivity (Wildman–Crippen MR) is 114 cm³/mol. The summed E-state index contributed by atoms with van der Waals surface area (Å²) < 4.78 is 29.9. The molecule has 0 bridgehead atoms. The first-order valence-electron chi connectivity index (χ1n) is 10.1. The third-order valence-corrected chi connectivity index (χ3v) is 5.46. The number of rotatable bonds is 5. The highest BCUT2D eigenvalue weighted by Crippen LogP contribution is 2.27. The maximum atomic E-state index is 13.0. The van der Waals surface area contributed by atoms with Gasteiger partial charge in [-0.05, 0) is 36.4 Å². The van der Waals surface area contributed by atoms with Crippen molar-refractivity contribution in [1.82, 2.24) is 4.90 Å². The molecule has 1 heterocycles. The average molecular weight is 424 g/mol. The highest BCUT2D eigenvalue weighted by Gasteiger charge is 2.30. The first kappa shape index (κ1) is 20.8. The fourth-order valence-corrected chi connectivity index (χ4v) is 3.96. The van der Waals surface area contributed by atoms with Crippen LogP contribution >= 0.6 is 0 Å². The molecule has 0 aliphatic carbocycles. The van der Waals surface area contributed by atoms with Gasteiger partial charge in [-0.25, -0.2) is 0 Å². The van der Waals surface area contributed by atoms with Gasteiger partial charge in [-0.15, -0.1) is 0 Å². The molecule has 7 heteroatoms. The maximum Gasteiger partial charge on any atom is 0.387 e. The zero-order valence-electron chi connectivity index (χ0n) is 16.8. The second-order valence-electron chi connectivity index (χ2n) is 7.48. The van der Waals surface area contributed by atoms with Crippen LogP contribution in [-0.2, 0) is 4.79 Å². The third kappa shape index (κ3) is 4.66. The topological polar surface area (TPSA) is 58.6 Å². The molecule has 31 heavy (non-hydrogen) atoms. The van der Waals surface area contributed by atoms with Gasteiger partial charge in [0.05, 0.1) is 11.5 Å². The summed E-state index contributed by atoms with van der Waals surface area (Å²) in [6, 6.07) is 19.4. The molecule has 4 rings (SSSR count). The normalized spacial score (nSPS) is 16.4. The highest BCUT2D eigenvalue weighted by molar-refractivity contribution is 6.03. The van der Waals surface area contributed by atoms with Crippen LogP contribution in [-0.4, -0.2) is 36.4 Å². The molecule has 0 aromatic heterocycles. The van der Waals surface area contributed by atoms with Gasteiger partial charge in [0.25, 0.3) is 5.91 Å². The first-order chi connectivity index (χ1) is 15.0. The number of para-hydroxylation sites is 1. The van der Waals surface area contributed by atoms with Crippen molar-refractivity contribution in [2.45, 2.75) is 19.5 Å². The molecular weight excluding hydrogens is 402 g/mol. The number of carbonyl (C=O) groups excluding carboxylic acids is 2. The molecule has 3 aromatic carbocycles. The molecule has 1 N–H and O–H groups in total. The molecule has 0 spiro atoms. The maximum absolute atomic E-state index is 13.0. The number of hydrogen-bond acceptors (Lipinski definition) is 3. The Kier molecular flexibility index (Phi) is 6.11. The number of nitrogens with zero attached hydrogens (tertiary/aromatic N) is 1. The van der Waals surface area contributed by atoms with Gasteiger partial charge in [0.1, 0.15) is 5.75 Å². The minimum Gasteiger partial charge on any atom is -0.434 e. The molecule has 1 aliphatic rings. The largest absolute Gasteiger partial charge is 0.434 e. The van der Waals surface area contributed by atoms with Gasteiger partial charge in [0, 0.05) is 24.2 Å². The Balaban J connectivity index is 1.48. The highest BCUT2D eigenvalue weighted by atomic mass is 19.3. The van der Waals surface area contributed by atoms with E-state index in [9.17, 15) is 18.4 Å². The van der Waals surface area contributed by atoms with Crippen molar-refractivity contribution in [2.75, 3.05) is 18.4 Å². The average Bonchev–Trinajstić information content (AvgIpc) is 2.79. The minimum absolute atomic E-state index is 0.0675. The Hall–Kier alpha value is -3.48. The zero-order valence-corrected chi connectivity index (χ0v) is 16.8. The van der Waals surface area contributed by atoms with Gasteiger partial charge in [-0.2, -0.15) is 8.78 Å². The molecule has 1 atom stereocenters. The number of likely N-dealkylation sites (tertiary alicyclic amines) is 1. The van der Waals surface area contributed by atoms with Crippen LogP contribution in [0, 0.1) is 5.92 Å². The lowest BCUT2D eigenvalue weighted by Crippen LogP contribution is -2.43. The first-order valence-corrected chi connectivity index (χ1v) is 10.1. The van der Waals surface area contributed by atoms with Crippen molar-refractivity contribution >= 4 is 28.3 Å². The van der Waals surface area contributed by atoms with Crippen molar-refractivity contribution in [3.8, 4) is 5.75 Å². The quantitative estimate of drug-likeness (QED) is 0.632. The van der Waals surface area contributed by atoms with E-state index in [1.165, 1.54) is 23.1 Å². The Morgan fingerprint density at radius 1 is 1.00 bits per heavy atom. The lowest BCUT2D eigenvalue weighted by atomic mass is 9.96. The molecule has 2 amide bonds. The SMILES string of the molecule is O=C(Nc1cccc2ccccc12)C1CCCN(C(=O)c2ccccc2OC(F)F)C1. The number of hydrogen-bond donors (Lipinski definition) is 1. The number of nitrogens with one attached hydrogen (secondary N) is 1. The van der Waals surface area contributed by atoms with Gasteiger partial charge in [0.15, 0.2) is 0 Å². The summed E-state index contributed by atoms with van der Waals surface area (Å²) >= 11 is 0. The van der Waals surface area contributed by atoms with Crippen molar-refractivity contribution in [2.24, 2.45) is 5.92 Å². The number of ether oxygens (including phenoxy) is 1. The van der Waals surface area contributed by atoms with E-state index in [0.29, 0.717) is 19.4 Å². The van der Waals surface area contributed by atoms with E-state index in [1.54, 1.807) is 6.07 Å². The summed E-state index contributed by atoms with van der Waals surface area (Å²) in [5.41, 5.74) is 0.792. The van der Waals surface area contributed by atoms with Gasteiger partial charge in [-0.1, -0.05) is 48.5 Å². The van der Waals surface area contributed by atoms with Crippen LogP contribution in [0.5, 0.6) is 5.75 Å². The van der Waals surface area contributed by atoms with Gasteiger partial charge in [-0.3, -0.25) is 9.59 Å². The third-order valence-electron chi connectivity index (χ3n) is 5.46. The smallest absolute Gasteiger partial charge is 0.387 e. The number of anilines is 1. The molecule has 0 saturated carbocycles. The van der Waals surface area contributed by atoms with Crippen LogP contribution in [0.1, 0.15) is 23.2 Å². The second kappa shape index (κ2) is 9.12. The summed E-state index contributed by atoms with van der Waals surface area (Å²) in [6.45, 7) is -2.34. The Bertz CT molecular complexity index is 1100. The van der Waals surface area contributed by atoms with Crippen LogP contribution in [0.25, 0.3) is 10.8 Å². The van der Waals surface area contributed by atoms with E-state index in [0.717, 1.165) is 16.5 Å². The Morgan fingerprint density at radius 3 is 2.58 bits per heavy atom. The molecule has 0 radical (unpaired) electrons. The van der Waals surface area contributed by atoms with Crippen molar-refractivity contribution in [1.29, 1.82) is 0 Å².